The summed E-state index contributed by atoms with van der Waals surface area (Å²) >= 11 is 1.78. The molecule has 0 saturated carbocycles. The van der Waals surface area contributed by atoms with Crippen LogP contribution in [0.15, 0.2) is 247 Å². The van der Waals surface area contributed by atoms with Crippen molar-refractivity contribution >= 4 is 146 Å². The number of hydrogen-bond acceptors (Lipinski definition) is 3. The third-order valence-electron chi connectivity index (χ3n) is 17.2. The van der Waals surface area contributed by atoms with Gasteiger partial charge in [0.25, 0.3) is 0 Å². The van der Waals surface area contributed by atoms with E-state index in [0.29, 0.717) is 34.0 Å². The minimum absolute atomic E-state index is 0.346. The maximum absolute atomic E-state index is 12.7. The van der Waals surface area contributed by atoms with E-state index < -0.39 is 0 Å². The summed E-state index contributed by atoms with van der Waals surface area (Å²) in [7, 11) is 0. The van der Waals surface area contributed by atoms with E-state index in [4.69, 9.17) is 9.26 Å². The van der Waals surface area contributed by atoms with Crippen molar-refractivity contribution in [1.29, 1.82) is 5.26 Å². The van der Waals surface area contributed by atoms with Crippen molar-refractivity contribution in [3.05, 3.63) is 260 Å². The van der Waals surface area contributed by atoms with Gasteiger partial charge in [0.1, 0.15) is 17.2 Å². The Morgan fingerprint density at radius 3 is 1.39 bits per heavy atom. The summed E-state index contributed by atoms with van der Waals surface area (Å²) in [6.45, 7) is 9.93. The van der Waals surface area contributed by atoms with Crippen molar-refractivity contribution in [2.75, 3.05) is 0 Å². The number of para-hydroxylation sites is 7. The molecule has 0 saturated heterocycles. The van der Waals surface area contributed by atoms with E-state index in [-0.39, 0.29) is 0 Å². The first kappa shape index (κ1) is 44.8. The van der Waals surface area contributed by atoms with Crippen LogP contribution in [0.3, 0.4) is 0 Å². The Bertz CT molecular complexity index is 5630. The molecule has 8 heteroatoms. The molecule has 18 rings (SSSR count). The number of thiophene rings is 1. The number of nitriles is 1. The van der Waals surface area contributed by atoms with Crippen LogP contribution in [-0.4, -0.2) is 18.3 Å². The van der Waals surface area contributed by atoms with Gasteiger partial charge < -0.3 is 22.7 Å². The molecule has 378 valence electrons. The maximum Gasteiger partial charge on any atom is 0.237 e. The van der Waals surface area contributed by atoms with Gasteiger partial charge >= 0.3 is 0 Å². The number of nitrogens with zero attached hydrogens (tertiary/aromatic N) is 6. The first-order chi connectivity index (χ1) is 40.7. The van der Waals surface area contributed by atoms with Crippen LogP contribution in [0.5, 0.6) is 0 Å². The normalized spacial score (nSPS) is 12.1. The van der Waals surface area contributed by atoms with E-state index in [2.05, 4.69) is 255 Å². The number of rotatable bonds is 5. The Labute approximate surface area is 471 Å². The fourth-order valence-corrected chi connectivity index (χ4v) is 15.2. The molecule has 0 aliphatic carbocycles. The van der Waals surface area contributed by atoms with E-state index in [1.807, 2.05) is 12.1 Å². The molecule has 0 aliphatic heterocycles. The van der Waals surface area contributed by atoms with Crippen LogP contribution in [0.2, 0.25) is 0 Å². The molecule has 0 unspecified atom stereocenters. The Kier molecular flexibility index (Phi) is 9.11. The van der Waals surface area contributed by atoms with E-state index in [9.17, 15) is 11.8 Å². The molecule has 0 aliphatic rings. The first-order valence-electron chi connectivity index (χ1n) is 27.4. The van der Waals surface area contributed by atoms with Gasteiger partial charge in [-0.1, -0.05) is 182 Å². The molecule has 7 nitrogen and oxygen atoms in total. The quantitative estimate of drug-likeness (QED) is 0.161. The zero-order valence-corrected chi connectivity index (χ0v) is 44.4. The van der Waals surface area contributed by atoms with Gasteiger partial charge in [-0.25, -0.2) is 4.85 Å². The highest BCUT2D eigenvalue weighted by Gasteiger charge is 2.35. The van der Waals surface area contributed by atoms with Gasteiger partial charge in [0.05, 0.1) is 83.7 Å². The zero-order chi connectivity index (χ0) is 53.9. The number of aromatic nitrogens is 4. The molecule has 0 radical (unpaired) electrons. The lowest BCUT2D eigenvalue weighted by molar-refractivity contribution is 0.669. The first-order valence-corrected chi connectivity index (χ1v) is 28.2. The summed E-state index contributed by atoms with van der Waals surface area (Å²) in [5.41, 5.74) is 14.4. The second kappa shape index (κ2) is 16.7. The summed E-state index contributed by atoms with van der Waals surface area (Å²) in [6, 6.07) is 88.6. The number of benzene rings is 12. The number of fused-ring (bicyclic) bond motifs is 19. The van der Waals surface area contributed by atoms with Crippen molar-refractivity contribution in [1.82, 2.24) is 18.3 Å². The van der Waals surface area contributed by atoms with Gasteiger partial charge in [-0.05, 0) is 71.8 Å². The SMILES string of the molecule is [C-]#[N+]c1c(-n2c3ccccc3c3ccccc32)c(C#N)c(-n2c3ccccc3c3ccccc32)c(-n2c3cc(-c4cccc5oc6ccccc6c45)ccc3c3ccc4c5ccccc5sc4c32)c1-n1c2ccccc2c2ccccc21. The summed E-state index contributed by atoms with van der Waals surface area (Å²) in [5.74, 6) is 0. The van der Waals surface area contributed by atoms with E-state index in [1.165, 1.54) is 10.1 Å². The summed E-state index contributed by atoms with van der Waals surface area (Å²) in [5, 5.41) is 25.5. The van der Waals surface area contributed by atoms with Gasteiger partial charge in [0.15, 0.2) is 0 Å². The molecule has 0 N–H and O–H groups in total. The molecule has 0 fully saturated rings. The van der Waals surface area contributed by atoms with Crippen molar-refractivity contribution in [2.24, 2.45) is 0 Å². The van der Waals surface area contributed by atoms with Crippen LogP contribution in [0, 0.1) is 17.9 Å². The molecule has 18 aromatic rings. The molecule has 0 atom stereocenters. The van der Waals surface area contributed by atoms with Crippen molar-refractivity contribution in [3.63, 3.8) is 0 Å². The highest BCUT2D eigenvalue weighted by Crippen LogP contribution is 2.54. The van der Waals surface area contributed by atoms with Gasteiger partial charge in [0.2, 0.25) is 5.69 Å². The minimum atomic E-state index is 0.346. The number of hydrogen-bond donors (Lipinski definition) is 0. The Balaban J connectivity index is 1.16. The van der Waals surface area contributed by atoms with Crippen molar-refractivity contribution < 1.29 is 4.42 Å². The molecule has 0 spiro atoms. The standard InChI is InChI=1S/C74H40N6OS/c1-76-68-69(77-57-28-10-2-19-45(57)46-20-3-11-29-58(46)77)56(42-75)70(78-59-30-12-4-21-47(59)48-22-5-13-31-60(48)78)73(72(68)79-61-32-14-6-23-49(61)50-24-7-15-33-62(50)79)80-63-41-43(44-27-18-35-65-67(44)55-26-8-16-34-64(55)81-65)37-38-51(63)53-39-40-54-52-25-9-17-36-66(52)82-74(54)71(53)80/h2-41H. The molecule has 0 bridgehead atoms. The lowest BCUT2D eigenvalue weighted by Crippen LogP contribution is -2.14. The third kappa shape index (κ3) is 5.84. The molecule has 82 heavy (non-hydrogen) atoms. The van der Waals surface area contributed by atoms with Crippen LogP contribution in [0.4, 0.5) is 5.69 Å². The van der Waals surface area contributed by atoms with Crippen LogP contribution in [-0.2, 0) is 0 Å². The van der Waals surface area contributed by atoms with Gasteiger partial charge in [-0.15, -0.1) is 11.3 Å². The lowest BCUT2D eigenvalue weighted by atomic mass is 9.98. The van der Waals surface area contributed by atoms with Crippen LogP contribution < -0.4 is 0 Å². The fraction of sp³-hybridized carbons (Fsp3) is 0. The predicted molar refractivity (Wildman–Crippen MR) is 340 cm³/mol. The number of furan rings is 1. The van der Waals surface area contributed by atoms with Gasteiger partial charge in [-0.3, -0.25) is 0 Å². The van der Waals surface area contributed by atoms with Crippen LogP contribution in [0.25, 0.3) is 168 Å². The lowest BCUT2D eigenvalue weighted by Gasteiger charge is -2.27. The average Bonchev–Trinajstić information content (AvgIpc) is 1.72. The van der Waals surface area contributed by atoms with Gasteiger partial charge in [-0.2, -0.15) is 5.26 Å². The van der Waals surface area contributed by atoms with Gasteiger partial charge in [0, 0.05) is 69.3 Å². The monoisotopic (exact) mass is 1060 g/mol. The average molecular weight is 1060 g/mol. The Hall–Kier alpha value is -11.2. The molecular formula is C74H40N6OS. The molecule has 0 amide bonds. The highest BCUT2D eigenvalue weighted by molar-refractivity contribution is 7.26. The summed E-state index contributed by atoms with van der Waals surface area (Å²) in [6.07, 6.45) is 0. The third-order valence-corrected chi connectivity index (χ3v) is 18.4. The van der Waals surface area contributed by atoms with E-state index in [1.54, 1.807) is 11.3 Å². The Morgan fingerprint density at radius 1 is 0.378 bits per heavy atom. The summed E-state index contributed by atoms with van der Waals surface area (Å²) in [4.78, 5) is 4.84. The second-order valence-corrected chi connectivity index (χ2v) is 22.3. The molecule has 6 heterocycles. The highest BCUT2D eigenvalue weighted by atomic mass is 32.1. The Morgan fingerprint density at radius 2 is 0.829 bits per heavy atom. The largest absolute Gasteiger partial charge is 0.456 e. The van der Waals surface area contributed by atoms with E-state index in [0.717, 1.165) is 130 Å². The molecular weight excluding hydrogens is 1020 g/mol. The smallest absolute Gasteiger partial charge is 0.237 e. The summed E-state index contributed by atoms with van der Waals surface area (Å²) < 4.78 is 18.1. The van der Waals surface area contributed by atoms with Crippen molar-refractivity contribution in [3.8, 4) is 39.9 Å². The fourth-order valence-electron chi connectivity index (χ4n) is 13.9. The zero-order valence-electron chi connectivity index (χ0n) is 43.6. The minimum Gasteiger partial charge on any atom is -0.456 e. The predicted octanol–water partition coefficient (Wildman–Crippen LogP) is 20.4. The van der Waals surface area contributed by atoms with Crippen LogP contribution >= 0.6 is 11.3 Å². The van der Waals surface area contributed by atoms with E-state index >= 15 is 0 Å². The van der Waals surface area contributed by atoms with Crippen molar-refractivity contribution in [2.45, 2.75) is 0 Å². The molecule has 12 aromatic carbocycles. The molecule has 6 aromatic heterocycles. The second-order valence-electron chi connectivity index (χ2n) is 21.2. The van der Waals surface area contributed by atoms with Crippen LogP contribution in [0.1, 0.15) is 5.56 Å². The topological polar surface area (TPSA) is 61.0 Å². The maximum atomic E-state index is 12.7.